The summed E-state index contributed by atoms with van der Waals surface area (Å²) < 4.78 is 0. The summed E-state index contributed by atoms with van der Waals surface area (Å²) in [5, 5.41) is 0. The Morgan fingerprint density at radius 2 is 1.80 bits per heavy atom. The highest BCUT2D eigenvalue weighted by Gasteiger charge is 2.15. The first-order chi connectivity index (χ1) is 7.04. The van der Waals surface area contributed by atoms with E-state index in [1.165, 1.54) is 37.0 Å². The van der Waals surface area contributed by atoms with Crippen LogP contribution >= 0.6 is 11.3 Å². The largest absolute Gasteiger partial charge is 0.145 e. The lowest BCUT2D eigenvalue weighted by Crippen LogP contribution is -2.07. The third kappa shape index (κ3) is 4.38. The lowest BCUT2D eigenvalue weighted by atomic mass is 9.95. The molecule has 0 N–H and O–H groups in total. The van der Waals surface area contributed by atoms with Gasteiger partial charge in [-0.25, -0.2) is 0 Å². The van der Waals surface area contributed by atoms with Gasteiger partial charge in [0.2, 0.25) is 0 Å². The molecule has 0 nitrogen and oxygen atoms in total. The Morgan fingerprint density at radius 1 is 1.07 bits per heavy atom. The van der Waals surface area contributed by atoms with E-state index in [2.05, 4.69) is 39.8 Å². The van der Waals surface area contributed by atoms with E-state index in [1.807, 2.05) is 11.3 Å². The van der Waals surface area contributed by atoms with Gasteiger partial charge in [-0.15, -0.1) is 11.3 Å². The van der Waals surface area contributed by atoms with Crippen LogP contribution in [0.5, 0.6) is 0 Å². The smallest absolute Gasteiger partial charge is 0.0102 e. The Hall–Kier alpha value is -0.300. The summed E-state index contributed by atoms with van der Waals surface area (Å²) in [5.41, 5.74) is 0.326. The number of hydrogen-bond donors (Lipinski definition) is 0. The van der Waals surface area contributed by atoms with Crippen molar-refractivity contribution in [1.82, 2.24) is 0 Å². The van der Waals surface area contributed by atoms with Crippen LogP contribution in [0.15, 0.2) is 12.1 Å². The van der Waals surface area contributed by atoms with Crippen molar-refractivity contribution in [2.45, 2.75) is 65.2 Å². The monoisotopic (exact) mass is 224 g/mol. The number of thiophene rings is 1. The summed E-state index contributed by atoms with van der Waals surface area (Å²) in [6.07, 6.45) is 6.74. The summed E-state index contributed by atoms with van der Waals surface area (Å²) in [7, 11) is 0. The fraction of sp³-hybridized carbons (Fsp3) is 0.714. The van der Waals surface area contributed by atoms with Crippen molar-refractivity contribution in [1.29, 1.82) is 0 Å². The molecule has 1 aromatic heterocycles. The maximum Gasteiger partial charge on any atom is 0.0102 e. The van der Waals surface area contributed by atoms with Crippen LogP contribution in [0, 0.1) is 0 Å². The second kappa shape index (κ2) is 5.69. The number of hydrogen-bond acceptors (Lipinski definition) is 1. The van der Waals surface area contributed by atoms with E-state index in [4.69, 9.17) is 0 Å². The Bertz CT molecular complexity index is 278. The minimum Gasteiger partial charge on any atom is -0.145 e. The maximum atomic E-state index is 2.32. The first-order valence-electron chi connectivity index (χ1n) is 6.13. The van der Waals surface area contributed by atoms with E-state index in [9.17, 15) is 0 Å². The molecule has 0 aliphatic rings. The molecule has 0 aliphatic carbocycles. The molecule has 0 bridgehead atoms. The highest BCUT2D eigenvalue weighted by atomic mass is 32.1. The first kappa shape index (κ1) is 12.8. The predicted octanol–water partition coefficient (Wildman–Crippen LogP) is 5.17. The molecule has 0 spiro atoms. The highest BCUT2D eigenvalue weighted by Crippen LogP contribution is 2.30. The SMILES string of the molecule is CCCCCCc1ccc(C(C)(C)C)s1. The Balaban J connectivity index is 2.40. The van der Waals surface area contributed by atoms with Crippen LogP contribution in [0.3, 0.4) is 0 Å². The quantitative estimate of drug-likeness (QED) is 0.605. The van der Waals surface area contributed by atoms with Crippen LogP contribution in [-0.2, 0) is 11.8 Å². The predicted molar refractivity (Wildman–Crippen MR) is 70.9 cm³/mol. The van der Waals surface area contributed by atoms with Crippen LogP contribution < -0.4 is 0 Å². The molecule has 0 fully saturated rings. The summed E-state index contributed by atoms with van der Waals surface area (Å²) in [6, 6.07) is 4.62. The van der Waals surface area contributed by atoms with Crippen molar-refractivity contribution in [3.8, 4) is 0 Å². The van der Waals surface area contributed by atoms with Gasteiger partial charge in [0, 0.05) is 9.75 Å². The maximum absolute atomic E-state index is 2.32. The van der Waals surface area contributed by atoms with Crippen LogP contribution in [0.1, 0.15) is 63.1 Å². The van der Waals surface area contributed by atoms with Crippen LogP contribution in [-0.4, -0.2) is 0 Å². The Kier molecular flexibility index (Phi) is 4.85. The minimum absolute atomic E-state index is 0.326. The van der Waals surface area contributed by atoms with Gasteiger partial charge < -0.3 is 0 Å². The Morgan fingerprint density at radius 3 is 2.33 bits per heavy atom. The van der Waals surface area contributed by atoms with Crippen LogP contribution in [0.2, 0.25) is 0 Å². The second-order valence-corrected chi connectivity index (χ2v) is 6.49. The molecule has 1 rings (SSSR count). The molecule has 1 heteroatoms. The van der Waals surface area contributed by atoms with Crippen molar-refractivity contribution < 1.29 is 0 Å². The molecule has 1 heterocycles. The second-order valence-electron chi connectivity index (χ2n) is 5.33. The molecule has 0 unspecified atom stereocenters. The van der Waals surface area contributed by atoms with Crippen molar-refractivity contribution in [2.24, 2.45) is 0 Å². The summed E-state index contributed by atoms with van der Waals surface area (Å²) >= 11 is 2.00. The van der Waals surface area contributed by atoms with Gasteiger partial charge in [-0.2, -0.15) is 0 Å². The zero-order valence-corrected chi connectivity index (χ0v) is 11.4. The molecule has 0 atom stereocenters. The lowest BCUT2D eigenvalue weighted by molar-refractivity contribution is 0.604. The molecule has 0 aliphatic heterocycles. The summed E-state index contributed by atoms with van der Waals surface area (Å²) in [6.45, 7) is 9.14. The van der Waals surface area contributed by atoms with E-state index < -0.39 is 0 Å². The molecule has 86 valence electrons. The number of rotatable bonds is 5. The zero-order valence-electron chi connectivity index (χ0n) is 10.6. The number of unbranched alkanes of at least 4 members (excludes halogenated alkanes) is 3. The average Bonchev–Trinajstić information content (AvgIpc) is 2.60. The number of aryl methyl sites for hydroxylation is 1. The van der Waals surface area contributed by atoms with E-state index >= 15 is 0 Å². The molecule has 0 saturated carbocycles. The third-order valence-electron chi connectivity index (χ3n) is 2.68. The van der Waals surface area contributed by atoms with Gasteiger partial charge in [0.05, 0.1) is 0 Å². The van der Waals surface area contributed by atoms with Crippen LogP contribution in [0.25, 0.3) is 0 Å². The molecule has 1 aromatic rings. The van der Waals surface area contributed by atoms with Gasteiger partial charge in [-0.3, -0.25) is 0 Å². The van der Waals surface area contributed by atoms with Crippen molar-refractivity contribution in [2.75, 3.05) is 0 Å². The molecular formula is C14H24S. The highest BCUT2D eigenvalue weighted by molar-refractivity contribution is 7.12. The molecule has 0 saturated heterocycles. The lowest BCUT2D eigenvalue weighted by Gasteiger charge is -2.15. The normalized spacial score (nSPS) is 12.0. The van der Waals surface area contributed by atoms with Gasteiger partial charge in [-0.05, 0) is 30.4 Å². The Labute approximate surface area is 98.7 Å². The fourth-order valence-corrected chi connectivity index (χ4v) is 2.75. The molecule has 0 aromatic carbocycles. The fourth-order valence-electron chi connectivity index (χ4n) is 1.64. The first-order valence-corrected chi connectivity index (χ1v) is 6.95. The van der Waals surface area contributed by atoms with E-state index in [0.29, 0.717) is 5.41 Å². The van der Waals surface area contributed by atoms with Crippen molar-refractivity contribution in [3.63, 3.8) is 0 Å². The van der Waals surface area contributed by atoms with Crippen molar-refractivity contribution >= 4 is 11.3 Å². The van der Waals surface area contributed by atoms with Gasteiger partial charge in [0.1, 0.15) is 0 Å². The minimum atomic E-state index is 0.326. The third-order valence-corrected chi connectivity index (χ3v) is 4.25. The summed E-state index contributed by atoms with van der Waals surface area (Å²) in [5.74, 6) is 0. The van der Waals surface area contributed by atoms with Gasteiger partial charge >= 0.3 is 0 Å². The molecule has 0 amide bonds. The topological polar surface area (TPSA) is 0 Å². The van der Waals surface area contributed by atoms with E-state index in [0.717, 1.165) is 0 Å². The van der Waals surface area contributed by atoms with Crippen LogP contribution in [0.4, 0.5) is 0 Å². The molecule has 0 radical (unpaired) electrons. The average molecular weight is 224 g/mol. The van der Waals surface area contributed by atoms with Gasteiger partial charge in [0.25, 0.3) is 0 Å². The van der Waals surface area contributed by atoms with E-state index in [1.54, 1.807) is 4.88 Å². The van der Waals surface area contributed by atoms with Gasteiger partial charge in [-0.1, -0.05) is 47.0 Å². The standard InChI is InChI=1S/C14H24S/c1-5-6-7-8-9-12-10-11-13(15-12)14(2,3)4/h10-11H,5-9H2,1-4H3. The molecular weight excluding hydrogens is 200 g/mol. The zero-order chi connectivity index (χ0) is 11.3. The summed E-state index contributed by atoms with van der Waals surface area (Å²) in [4.78, 5) is 3.09. The van der Waals surface area contributed by atoms with Crippen molar-refractivity contribution in [3.05, 3.63) is 21.9 Å². The van der Waals surface area contributed by atoms with Gasteiger partial charge in [0.15, 0.2) is 0 Å². The van der Waals surface area contributed by atoms with E-state index in [-0.39, 0.29) is 0 Å². The molecule has 15 heavy (non-hydrogen) atoms.